The van der Waals surface area contributed by atoms with Gasteiger partial charge in [0.1, 0.15) is 6.10 Å². The molecule has 2 aromatic rings. The molecule has 0 spiro atoms. The van der Waals surface area contributed by atoms with Crippen molar-refractivity contribution in [2.75, 3.05) is 27.9 Å². The summed E-state index contributed by atoms with van der Waals surface area (Å²) in [5, 5.41) is 7.18. The number of hydrogen-bond donors (Lipinski definition) is 1. The summed E-state index contributed by atoms with van der Waals surface area (Å²) in [5.74, 6) is 1.10. The van der Waals surface area contributed by atoms with E-state index in [1.165, 1.54) is 0 Å². The Morgan fingerprint density at radius 1 is 1.24 bits per heavy atom. The zero-order chi connectivity index (χ0) is 15.1. The van der Waals surface area contributed by atoms with Gasteiger partial charge in [-0.2, -0.15) is 4.98 Å². The minimum Gasteiger partial charge on any atom is -0.383 e. The second-order valence-corrected chi connectivity index (χ2v) is 4.72. The first-order chi connectivity index (χ1) is 10.3. The first-order valence-electron chi connectivity index (χ1n) is 6.85. The topological polar surface area (TPSA) is 69.4 Å². The Morgan fingerprint density at radius 3 is 2.62 bits per heavy atom. The van der Waals surface area contributed by atoms with Crippen LogP contribution >= 0.6 is 0 Å². The number of aromatic nitrogens is 2. The third-order valence-corrected chi connectivity index (χ3v) is 3.25. The van der Waals surface area contributed by atoms with E-state index in [1.54, 1.807) is 14.2 Å². The molecule has 0 aliphatic rings. The zero-order valence-corrected chi connectivity index (χ0v) is 12.6. The molecule has 0 fully saturated rings. The van der Waals surface area contributed by atoms with Gasteiger partial charge in [0.2, 0.25) is 11.7 Å². The molecule has 0 bridgehead atoms. The van der Waals surface area contributed by atoms with Crippen LogP contribution in [0.4, 0.5) is 0 Å². The summed E-state index contributed by atoms with van der Waals surface area (Å²) in [5.41, 5.74) is 0.995. The average Bonchev–Trinajstić information content (AvgIpc) is 2.97. The maximum absolute atomic E-state index is 5.49. The monoisotopic (exact) mass is 291 g/mol. The third-order valence-electron chi connectivity index (χ3n) is 3.25. The number of nitrogens with one attached hydrogen (secondary N) is 1. The predicted octanol–water partition coefficient (Wildman–Crippen LogP) is 1.58. The van der Waals surface area contributed by atoms with Crippen molar-refractivity contribution in [1.82, 2.24) is 15.5 Å². The normalized spacial score (nSPS) is 14.0. The van der Waals surface area contributed by atoms with E-state index in [4.69, 9.17) is 14.0 Å². The number of likely N-dealkylation sites (N-methyl/N-ethyl adjacent to an activating group) is 1. The summed E-state index contributed by atoms with van der Waals surface area (Å²) in [4.78, 5) is 4.43. The highest BCUT2D eigenvalue weighted by atomic mass is 16.5. The van der Waals surface area contributed by atoms with Gasteiger partial charge in [-0.1, -0.05) is 35.5 Å². The van der Waals surface area contributed by atoms with Gasteiger partial charge in [0.05, 0.1) is 6.61 Å². The van der Waals surface area contributed by atoms with Crippen molar-refractivity contribution in [3.63, 3.8) is 0 Å². The van der Waals surface area contributed by atoms with Gasteiger partial charge in [-0.15, -0.1) is 0 Å². The van der Waals surface area contributed by atoms with E-state index in [0.717, 1.165) is 5.56 Å². The maximum Gasteiger partial charge on any atom is 0.228 e. The molecular formula is C15H21N3O3. The number of benzene rings is 1. The second-order valence-electron chi connectivity index (χ2n) is 4.72. The van der Waals surface area contributed by atoms with Gasteiger partial charge < -0.3 is 19.3 Å². The molecule has 6 heteroatoms. The highest BCUT2D eigenvalue weighted by Crippen LogP contribution is 2.22. The van der Waals surface area contributed by atoms with E-state index >= 15 is 0 Å². The Hall–Kier alpha value is -1.76. The summed E-state index contributed by atoms with van der Waals surface area (Å²) in [6.07, 6.45) is 0.293. The van der Waals surface area contributed by atoms with Crippen molar-refractivity contribution in [2.24, 2.45) is 0 Å². The lowest BCUT2D eigenvalue weighted by Gasteiger charge is -2.12. The number of rotatable bonds is 8. The summed E-state index contributed by atoms with van der Waals surface area (Å²) in [6.45, 7) is 0.584. The summed E-state index contributed by atoms with van der Waals surface area (Å²) in [6, 6.07) is 9.97. The van der Waals surface area contributed by atoms with E-state index in [2.05, 4.69) is 15.5 Å². The highest BCUT2D eigenvalue weighted by Gasteiger charge is 2.21. The second kappa shape index (κ2) is 7.87. The molecule has 0 saturated heterocycles. The van der Waals surface area contributed by atoms with E-state index in [0.29, 0.717) is 24.7 Å². The van der Waals surface area contributed by atoms with Gasteiger partial charge in [0.25, 0.3) is 0 Å². The van der Waals surface area contributed by atoms with E-state index in [-0.39, 0.29) is 12.1 Å². The number of ether oxygens (including phenoxy) is 2. The zero-order valence-electron chi connectivity index (χ0n) is 12.6. The standard InChI is InChI=1S/C15H21N3O3/c1-16-12(10-19-2)9-13-17-15(18-21-13)14(20-3)11-7-5-4-6-8-11/h4-8,12,14,16H,9-10H2,1-3H3. The van der Waals surface area contributed by atoms with Crippen molar-refractivity contribution in [3.05, 3.63) is 47.6 Å². The Morgan fingerprint density at radius 2 is 2.00 bits per heavy atom. The molecule has 0 aliphatic heterocycles. The molecule has 1 heterocycles. The van der Waals surface area contributed by atoms with Crippen molar-refractivity contribution < 1.29 is 14.0 Å². The molecule has 6 nitrogen and oxygen atoms in total. The van der Waals surface area contributed by atoms with Crippen LogP contribution in [-0.2, 0) is 15.9 Å². The van der Waals surface area contributed by atoms with Gasteiger partial charge in [-0.25, -0.2) is 0 Å². The van der Waals surface area contributed by atoms with Crippen LogP contribution in [0, 0.1) is 0 Å². The van der Waals surface area contributed by atoms with E-state index in [9.17, 15) is 0 Å². The molecule has 114 valence electrons. The summed E-state index contributed by atoms with van der Waals surface area (Å²) < 4.78 is 15.9. The lowest BCUT2D eigenvalue weighted by atomic mass is 10.1. The van der Waals surface area contributed by atoms with Gasteiger partial charge in [0.15, 0.2) is 0 Å². The van der Waals surface area contributed by atoms with Crippen molar-refractivity contribution >= 4 is 0 Å². The Kier molecular flexibility index (Phi) is 5.86. The van der Waals surface area contributed by atoms with Crippen molar-refractivity contribution in [1.29, 1.82) is 0 Å². The van der Waals surface area contributed by atoms with Crippen LogP contribution in [0.15, 0.2) is 34.9 Å². The fourth-order valence-electron chi connectivity index (χ4n) is 2.13. The largest absolute Gasteiger partial charge is 0.383 e. The smallest absolute Gasteiger partial charge is 0.228 e. The van der Waals surface area contributed by atoms with E-state index in [1.807, 2.05) is 37.4 Å². The van der Waals surface area contributed by atoms with Crippen LogP contribution in [0.2, 0.25) is 0 Å². The van der Waals surface area contributed by atoms with Crippen molar-refractivity contribution in [3.8, 4) is 0 Å². The first-order valence-corrected chi connectivity index (χ1v) is 6.85. The lowest BCUT2D eigenvalue weighted by molar-refractivity contribution is 0.126. The number of nitrogens with zero attached hydrogens (tertiary/aromatic N) is 2. The fraction of sp³-hybridized carbons (Fsp3) is 0.467. The molecule has 0 radical (unpaired) electrons. The predicted molar refractivity (Wildman–Crippen MR) is 78.0 cm³/mol. The molecule has 2 unspecified atom stereocenters. The molecule has 2 rings (SSSR count). The molecule has 1 aromatic carbocycles. The Balaban J connectivity index is 2.11. The fourth-order valence-corrected chi connectivity index (χ4v) is 2.13. The molecule has 0 amide bonds. The average molecular weight is 291 g/mol. The van der Waals surface area contributed by atoms with E-state index < -0.39 is 0 Å². The van der Waals surface area contributed by atoms with Crippen molar-refractivity contribution in [2.45, 2.75) is 18.6 Å². The summed E-state index contributed by atoms with van der Waals surface area (Å²) in [7, 11) is 5.18. The minimum absolute atomic E-state index is 0.140. The SMILES string of the molecule is CNC(COC)Cc1nc(C(OC)c2ccccc2)no1. The first kappa shape index (κ1) is 15.6. The maximum atomic E-state index is 5.49. The molecular weight excluding hydrogens is 270 g/mol. The van der Waals surface area contributed by atoms with Crippen LogP contribution in [0.25, 0.3) is 0 Å². The Bertz CT molecular complexity index is 530. The van der Waals surface area contributed by atoms with Gasteiger partial charge in [-0.3, -0.25) is 0 Å². The molecule has 21 heavy (non-hydrogen) atoms. The third kappa shape index (κ3) is 4.10. The number of methoxy groups -OCH3 is 2. The molecule has 1 aromatic heterocycles. The lowest BCUT2D eigenvalue weighted by Crippen LogP contribution is -2.32. The van der Waals surface area contributed by atoms with Crippen LogP contribution in [-0.4, -0.2) is 44.1 Å². The van der Waals surface area contributed by atoms with Crippen LogP contribution in [0.1, 0.15) is 23.4 Å². The number of hydrogen-bond acceptors (Lipinski definition) is 6. The van der Waals surface area contributed by atoms with Crippen LogP contribution in [0.5, 0.6) is 0 Å². The molecule has 2 atom stereocenters. The summed E-state index contributed by atoms with van der Waals surface area (Å²) >= 11 is 0. The van der Waals surface area contributed by atoms with Crippen LogP contribution < -0.4 is 5.32 Å². The molecule has 0 saturated carbocycles. The molecule has 0 aliphatic carbocycles. The van der Waals surface area contributed by atoms with Gasteiger partial charge in [-0.05, 0) is 12.6 Å². The van der Waals surface area contributed by atoms with Crippen LogP contribution in [0.3, 0.4) is 0 Å². The molecule has 1 N–H and O–H groups in total. The van der Waals surface area contributed by atoms with Gasteiger partial charge in [0, 0.05) is 26.7 Å². The highest BCUT2D eigenvalue weighted by molar-refractivity contribution is 5.22. The minimum atomic E-state index is -0.320. The Labute approximate surface area is 124 Å². The quantitative estimate of drug-likeness (QED) is 0.796. The van der Waals surface area contributed by atoms with Gasteiger partial charge >= 0.3 is 0 Å².